The van der Waals surface area contributed by atoms with Crippen LogP contribution in [0.5, 0.6) is 0 Å². The molecule has 132 valence electrons. The van der Waals surface area contributed by atoms with Gasteiger partial charge >= 0.3 is 0 Å². The van der Waals surface area contributed by atoms with Crippen molar-refractivity contribution in [1.82, 2.24) is 19.7 Å². The van der Waals surface area contributed by atoms with Crippen LogP contribution < -0.4 is 0 Å². The quantitative estimate of drug-likeness (QED) is 0.857. The second-order valence-corrected chi connectivity index (χ2v) is 6.90. The molecule has 2 aromatic rings. The summed E-state index contributed by atoms with van der Waals surface area (Å²) < 4.78 is 7.52. The maximum absolute atomic E-state index is 12.9. The van der Waals surface area contributed by atoms with E-state index in [9.17, 15) is 4.79 Å². The van der Waals surface area contributed by atoms with Gasteiger partial charge in [0, 0.05) is 25.7 Å². The van der Waals surface area contributed by atoms with Gasteiger partial charge in [-0.25, -0.2) is 0 Å². The van der Waals surface area contributed by atoms with Crippen LogP contribution in [0.3, 0.4) is 0 Å². The molecule has 0 spiro atoms. The molecule has 1 fully saturated rings. The first-order valence-electron chi connectivity index (χ1n) is 9.08. The van der Waals surface area contributed by atoms with Gasteiger partial charge in [0.1, 0.15) is 11.9 Å². The van der Waals surface area contributed by atoms with E-state index in [1.807, 2.05) is 30.0 Å². The third-order valence-corrected chi connectivity index (χ3v) is 5.28. The Balaban J connectivity index is 1.51. The zero-order valence-corrected chi connectivity index (χ0v) is 14.6. The van der Waals surface area contributed by atoms with Crippen LogP contribution in [0, 0.1) is 0 Å². The first-order chi connectivity index (χ1) is 12.2. The first kappa shape index (κ1) is 16.3. The monoisotopic (exact) mass is 340 g/mol. The molecule has 1 aromatic heterocycles. The molecule has 0 unspecified atom stereocenters. The number of hydrogen-bond donors (Lipinski definition) is 0. The lowest BCUT2D eigenvalue weighted by atomic mass is 9.98. The van der Waals surface area contributed by atoms with E-state index < -0.39 is 0 Å². The number of ether oxygens (including phenoxy) is 1. The third-order valence-electron chi connectivity index (χ3n) is 5.28. The van der Waals surface area contributed by atoms with Crippen LogP contribution in [0.15, 0.2) is 30.3 Å². The molecule has 1 saturated heterocycles. The summed E-state index contributed by atoms with van der Waals surface area (Å²) in [6.45, 7) is 4.75. The van der Waals surface area contributed by atoms with Crippen LogP contribution >= 0.6 is 0 Å². The largest absolute Gasteiger partial charge is 0.381 e. The van der Waals surface area contributed by atoms with Gasteiger partial charge in [-0.3, -0.25) is 4.79 Å². The summed E-state index contributed by atoms with van der Waals surface area (Å²) in [4.78, 5) is 14.8. The number of amides is 1. The normalized spacial score (nSPS) is 21.4. The number of nitrogens with zero attached hydrogens (tertiary/aromatic N) is 4. The van der Waals surface area contributed by atoms with E-state index in [0.717, 1.165) is 44.1 Å². The predicted molar refractivity (Wildman–Crippen MR) is 93.1 cm³/mol. The molecule has 25 heavy (non-hydrogen) atoms. The van der Waals surface area contributed by atoms with Gasteiger partial charge in [-0.15, -0.1) is 10.2 Å². The van der Waals surface area contributed by atoms with Gasteiger partial charge in [0.25, 0.3) is 0 Å². The van der Waals surface area contributed by atoms with E-state index in [1.165, 1.54) is 5.56 Å². The van der Waals surface area contributed by atoms with Crippen molar-refractivity contribution in [2.45, 2.75) is 44.7 Å². The lowest BCUT2D eigenvalue weighted by Gasteiger charge is -2.33. The van der Waals surface area contributed by atoms with Gasteiger partial charge in [0.05, 0.1) is 6.54 Å². The zero-order chi connectivity index (χ0) is 17.2. The average Bonchev–Trinajstić information content (AvgIpc) is 3.09. The minimum absolute atomic E-state index is 0.163. The Bertz CT molecular complexity index is 737. The topological polar surface area (TPSA) is 60.3 Å². The summed E-state index contributed by atoms with van der Waals surface area (Å²) in [5.41, 5.74) is 1.25. The first-order valence-corrected chi connectivity index (χ1v) is 9.08. The zero-order valence-electron chi connectivity index (χ0n) is 14.6. The second kappa shape index (κ2) is 6.96. The van der Waals surface area contributed by atoms with Crippen LogP contribution in [0.2, 0.25) is 0 Å². The van der Waals surface area contributed by atoms with Gasteiger partial charge in [-0.05, 0) is 31.7 Å². The number of benzene rings is 1. The smallest absolute Gasteiger partial charge is 0.245 e. The van der Waals surface area contributed by atoms with E-state index >= 15 is 0 Å². The van der Waals surface area contributed by atoms with E-state index in [0.29, 0.717) is 19.0 Å². The van der Waals surface area contributed by atoms with Crippen molar-refractivity contribution in [3.8, 4) is 0 Å². The number of hydrogen-bond acceptors (Lipinski definition) is 4. The Morgan fingerprint density at radius 1 is 1.16 bits per heavy atom. The molecule has 0 saturated carbocycles. The standard InChI is InChI=1S/C19H24N4O2/c1-14-19(24)22(10-7-15-5-3-2-4-6-15)13-17-20-21-18(23(14)17)16-8-11-25-12-9-16/h2-6,14,16H,7-13H2,1H3/t14-/m1/s1. The van der Waals surface area contributed by atoms with Crippen LogP contribution in [0.25, 0.3) is 0 Å². The van der Waals surface area contributed by atoms with Crippen molar-refractivity contribution in [1.29, 1.82) is 0 Å². The molecule has 6 nitrogen and oxygen atoms in total. The number of fused-ring (bicyclic) bond motifs is 1. The SMILES string of the molecule is C[C@@H]1C(=O)N(CCc2ccccc2)Cc2nnc(C3CCOCC3)n21. The summed E-state index contributed by atoms with van der Waals surface area (Å²) >= 11 is 0. The molecule has 0 bridgehead atoms. The highest BCUT2D eigenvalue weighted by atomic mass is 16.5. The molecule has 0 aliphatic carbocycles. The van der Waals surface area contributed by atoms with Crippen molar-refractivity contribution in [2.75, 3.05) is 19.8 Å². The number of aromatic nitrogens is 3. The maximum atomic E-state index is 12.9. The molecule has 2 aliphatic rings. The van der Waals surface area contributed by atoms with Crippen LogP contribution in [-0.4, -0.2) is 45.3 Å². The Labute approximate surface area is 147 Å². The average molecular weight is 340 g/mol. The Kier molecular flexibility index (Phi) is 4.53. The molecule has 1 amide bonds. The van der Waals surface area contributed by atoms with Gasteiger partial charge in [-0.1, -0.05) is 30.3 Å². The second-order valence-electron chi connectivity index (χ2n) is 6.90. The van der Waals surface area contributed by atoms with Gasteiger partial charge in [0.15, 0.2) is 5.82 Å². The van der Waals surface area contributed by atoms with Crippen LogP contribution in [-0.2, 0) is 22.5 Å². The molecular formula is C19H24N4O2. The predicted octanol–water partition coefficient (Wildman–Crippen LogP) is 2.32. The maximum Gasteiger partial charge on any atom is 0.245 e. The molecule has 1 atom stereocenters. The van der Waals surface area contributed by atoms with Crippen molar-refractivity contribution < 1.29 is 9.53 Å². The van der Waals surface area contributed by atoms with Gasteiger partial charge in [0.2, 0.25) is 5.91 Å². The third kappa shape index (κ3) is 3.18. The highest BCUT2D eigenvalue weighted by molar-refractivity contribution is 5.81. The van der Waals surface area contributed by atoms with E-state index in [2.05, 4.69) is 26.9 Å². The molecule has 2 aliphatic heterocycles. The molecule has 0 radical (unpaired) electrons. The highest BCUT2D eigenvalue weighted by Crippen LogP contribution is 2.31. The summed E-state index contributed by atoms with van der Waals surface area (Å²) in [5, 5.41) is 8.84. The molecular weight excluding hydrogens is 316 g/mol. The van der Waals surface area contributed by atoms with E-state index in [1.54, 1.807) is 0 Å². The minimum atomic E-state index is -0.229. The van der Waals surface area contributed by atoms with Crippen molar-refractivity contribution in [2.24, 2.45) is 0 Å². The fraction of sp³-hybridized carbons (Fsp3) is 0.526. The van der Waals surface area contributed by atoms with Crippen LogP contribution in [0.1, 0.15) is 48.9 Å². The summed E-state index contributed by atoms with van der Waals surface area (Å²) in [6.07, 6.45) is 2.77. The molecule has 1 aromatic carbocycles. The number of carbonyl (C=O) groups is 1. The summed E-state index contributed by atoms with van der Waals surface area (Å²) in [7, 11) is 0. The molecule has 6 heteroatoms. The van der Waals surface area contributed by atoms with Crippen LogP contribution in [0.4, 0.5) is 0 Å². The van der Waals surface area contributed by atoms with Crippen molar-refractivity contribution >= 4 is 5.91 Å². The Morgan fingerprint density at radius 2 is 1.92 bits per heavy atom. The van der Waals surface area contributed by atoms with E-state index in [-0.39, 0.29) is 11.9 Å². The van der Waals surface area contributed by atoms with Gasteiger partial charge < -0.3 is 14.2 Å². The Morgan fingerprint density at radius 3 is 2.68 bits per heavy atom. The summed E-state index contributed by atoms with van der Waals surface area (Å²) in [6, 6.07) is 10.1. The fourth-order valence-corrected chi connectivity index (χ4v) is 3.82. The Hall–Kier alpha value is -2.21. The minimum Gasteiger partial charge on any atom is -0.381 e. The molecule has 4 rings (SSSR count). The lowest BCUT2D eigenvalue weighted by Crippen LogP contribution is -2.43. The van der Waals surface area contributed by atoms with E-state index in [4.69, 9.17) is 4.74 Å². The lowest BCUT2D eigenvalue weighted by molar-refractivity contribution is -0.137. The molecule has 0 N–H and O–H groups in total. The summed E-state index contributed by atoms with van der Waals surface area (Å²) in [5.74, 6) is 2.38. The van der Waals surface area contributed by atoms with Crippen molar-refractivity contribution in [3.05, 3.63) is 47.5 Å². The highest BCUT2D eigenvalue weighted by Gasteiger charge is 2.35. The number of carbonyl (C=O) groups excluding carboxylic acids is 1. The van der Waals surface area contributed by atoms with Crippen molar-refractivity contribution in [3.63, 3.8) is 0 Å². The molecule has 3 heterocycles. The fourth-order valence-electron chi connectivity index (χ4n) is 3.82. The number of rotatable bonds is 4. The van der Waals surface area contributed by atoms with Gasteiger partial charge in [-0.2, -0.15) is 0 Å².